The highest BCUT2D eigenvalue weighted by molar-refractivity contribution is 5.80. The van der Waals surface area contributed by atoms with Gasteiger partial charge in [-0.2, -0.15) is 0 Å². The van der Waals surface area contributed by atoms with Gasteiger partial charge < -0.3 is 0 Å². The maximum Gasteiger partial charge on any atom is -0.0155 e. The molecule has 0 bridgehead atoms. The fraction of sp³-hybridized carbons (Fsp3) is 0.231. The molecule has 1 aliphatic carbocycles. The Morgan fingerprint density at radius 3 is 2.77 bits per heavy atom. The van der Waals surface area contributed by atoms with E-state index in [1.807, 2.05) is 0 Å². The van der Waals surface area contributed by atoms with Crippen molar-refractivity contribution in [3.63, 3.8) is 0 Å². The number of fused-ring (bicyclic) bond motifs is 1. The normalized spacial score (nSPS) is 18.8. The predicted octanol–water partition coefficient (Wildman–Crippen LogP) is 3.59. The van der Waals surface area contributed by atoms with E-state index in [0.29, 0.717) is 0 Å². The van der Waals surface area contributed by atoms with Crippen LogP contribution in [0.5, 0.6) is 0 Å². The SMILES string of the molecule is C=C1/C(=C\C)CCc2ccccc21. The summed E-state index contributed by atoms with van der Waals surface area (Å²) in [6.07, 6.45) is 4.49. The number of hydrogen-bond donors (Lipinski definition) is 0. The van der Waals surface area contributed by atoms with Crippen LogP contribution in [0.25, 0.3) is 5.57 Å². The maximum absolute atomic E-state index is 4.14. The second-order valence-corrected chi connectivity index (χ2v) is 3.45. The topological polar surface area (TPSA) is 0 Å². The second-order valence-electron chi connectivity index (χ2n) is 3.45. The van der Waals surface area contributed by atoms with E-state index in [4.69, 9.17) is 0 Å². The molecule has 66 valence electrons. The molecule has 1 aliphatic rings. The first kappa shape index (κ1) is 8.31. The minimum Gasteiger partial charge on any atom is -0.0909 e. The minimum atomic E-state index is 1.15. The lowest BCUT2D eigenvalue weighted by Gasteiger charge is -2.20. The zero-order valence-electron chi connectivity index (χ0n) is 8.01. The van der Waals surface area contributed by atoms with Crippen molar-refractivity contribution >= 4 is 5.57 Å². The van der Waals surface area contributed by atoms with Gasteiger partial charge in [-0.25, -0.2) is 0 Å². The molecule has 13 heavy (non-hydrogen) atoms. The van der Waals surface area contributed by atoms with Crippen molar-refractivity contribution in [1.29, 1.82) is 0 Å². The van der Waals surface area contributed by atoms with Crippen molar-refractivity contribution in [3.8, 4) is 0 Å². The molecule has 0 atom stereocenters. The zero-order valence-corrected chi connectivity index (χ0v) is 8.01. The molecule has 0 heterocycles. The molecule has 0 N–H and O–H groups in total. The average molecular weight is 170 g/mol. The van der Waals surface area contributed by atoms with Crippen LogP contribution < -0.4 is 0 Å². The summed E-state index contributed by atoms with van der Waals surface area (Å²) in [6.45, 7) is 6.23. The molecule has 0 nitrogen and oxygen atoms in total. The quantitative estimate of drug-likeness (QED) is 0.558. The summed E-state index contributed by atoms with van der Waals surface area (Å²) in [6, 6.07) is 8.56. The molecule has 0 aliphatic heterocycles. The standard InChI is InChI=1S/C13H14/c1-3-11-8-9-12-6-4-5-7-13(12)10(11)2/h3-7H,2,8-9H2,1H3/b11-3-. The second kappa shape index (κ2) is 3.21. The number of aryl methyl sites for hydroxylation is 1. The van der Waals surface area contributed by atoms with Crippen LogP contribution in [0.3, 0.4) is 0 Å². The molecular weight excluding hydrogens is 156 g/mol. The van der Waals surface area contributed by atoms with E-state index in [9.17, 15) is 0 Å². The molecule has 1 aromatic carbocycles. The Bertz CT molecular complexity index is 369. The summed E-state index contributed by atoms with van der Waals surface area (Å²) >= 11 is 0. The van der Waals surface area contributed by atoms with Crippen molar-refractivity contribution in [2.24, 2.45) is 0 Å². The molecule has 0 aromatic heterocycles. The van der Waals surface area contributed by atoms with Crippen LogP contribution in [-0.4, -0.2) is 0 Å². The van der Waals surface area contributed by atoms with E-state index in [-0.39, 0.29) is 0 Å². The maximum atomic E-state index is 4.14. The highest BCUT2D eigenvalue weighted by atomic mass is 14.2. The lowest BCUT2D eigenvalue weighted by atomic mass is 9.84. The van der Waals surface area contributed by atoms with Gasteiger partial charge in [-0.05, 0) is 42.0 Å². The van der Waals surface area contributed by atoms with Crippen LogP contribution in [0, 0.1) is 0 Å². The van der Waals surface area contributed by atoms with Crippen LogP contribution >= 0.6 is 0 Å². The van der Waals surface area contributed by atoms with Gasteiger partial charge >= 0.3 is 0 Å². The van der Waals surface area contributed by atoms with Crippen LogP contribution in [0.1, 0.15) is 24.5 Å². The van der Waals surface area contributed by atoms with Crippen LogP contribution in [0.2, 0.25) is 0 Å². The van der Waals surface area contributed by atoms with Crippen molar-refractivity contribution in [2.45, 2.75) is 19.8 Å². The summed E-state index contributed by atoms with van der Waals surface area (Å²) < 4.78 is 0. The first-order valence-electron chi connectivity index (χ1n) is 4.75. The van der Waals surface area contributed by atoms with Gasteiger partial charge in [0.1, 0.15) is 0 Å². The van der Waals surface area contributed by atoms with E-state index in [1.54, 1.807) is 0 Å². The van der Waals surface area contributed by atoms with Gasteiger partial charge in [-0.15, -0.1) is 0 Å². The fourth-order valence-corrected chi connectivity index (χ4v) is 1.94. The van der Waals surface area contributed by atoms with Crippen molar-refractivity contribution in [2.75, 3.05) is 0 Å². The summed E-state index contributed by atoms with van der Waals surface area (Å²) in [4.78, 5) is 0. The summed E-state index contributed by atoms with van der Waals surface area (Å²) in [7, 11) is 0. The molecule has 0 saturated carbocycles. The van der Waals surface area contributed by atoms with Crippen molar-refractivity contribution in [3.05, 3.63) is 53.6 Å². The van der Waals surface area contributed by atoms with E-state index in [2.05, 4.69) is 43.8 Å². The summed E-state index contributed by atoms with van der Waals surface area (Å²) in [5.41, 5.74) is 5.39. The largest absolute Gasteiger partial charge is 0.0909 e. The molecule has 0 amide bonds. The Hall–Kier alpha value is -1.30. The number of allylic oxidation sites excluding steroid dienone is 3. The van der Waals surface area contributed by atoms with Crippen molar-refractivity contribution in [1.82, 2.24) is 0 Å². The molecule has 0 heteroatoms. The molecule has 1 aromatic rings. The zero-order chi connectivity index (χ0) is 9.26. The Labute approximate surface area is 79.6 Å². The van der Waals surface area contributed by atoms with Crippen LogP contribution in [0.15, 0.2) is 42.5 Å². The van der Waals surface area contributed by atoms with E-state index < -0.39 is 0 Å². The molecule has 0 radical (unpaired) electrons. The molecule has 0 saturated heterocycles. The van der Waals surface area contributed by atoms with Gasteiger partial charge in [0.15, 0.2) is 0 Å². The Morgan fingerprint density at radius 1 is 1.23 bits per heavy atom. The Balaban J connectivity index is 2.51. The third-order valence-electron chi connectivity index (χ3n) is 2.74. The summed E-state index contributed by atoms with van der Waals surface area (Å²) in [5, 5.41) is 0. The lowest BCUT2D eigenvalue weighted by molar-refractivity contribution is 0.937. The third kappa shape index (κ3) is 1.33. The number of hydrogen-bond acceptors (Lipinski definition) is 0. The van der Waals surface area contributed by atoms with Crippen molar-refractivity contribution < 1.29 is 0 Å². The molecular formula is C13H14. The van der Waals surface area contributed by atoms with Crippen LogP contribution in [-0.2, 0) is 6.42 Å². The Kier molecular flexibility index (Phi) is 2.05. The van der Waals surface area contributed by atoms with Gasteiger partial charge in [-0.3, -0.25) is 0 Å². The van der Waals surface area contributed by atoms with Gasteiger partial charge in [0, 0.05) is 0 Å². The lowest BCUT2D eigenvalue weighted by Crippen LogP contribution is -2.03. The monoisotopic (exact) mass is 170 g/mol. The number of rotatable bonds is 0. The van der Waals surface area contributed by atoms with E-state index >= 15 is 0 Å². The molecule has 0 unspecified atom stereocenters. The molecule has 2 rings (SSSR count). The minimum absolute atomic E-state index is 1.15. The highest BCUT2D eigenvalue weighted by Crippen LogP contribution is 2.33. The van der Waals surface area contributed by atoms with Gasteiger partial charge in [0.2, 0.25) is 0 Å². The van der Waals surface area contributed by atoms with Gasteiger partial charge in [0.25, 0.3) is 0 Å². The average Bonchev–Trinajstić information content (AvgIpc) is 2.19. The van der Waals surface area contributed by atoms with Crippen LogP contribution in [0.4, 0.5) is 0 Å². The van der Waals surface area contributed by atoms with E-state index in [0.717, 1.165) is 12.8 Å². The molecule has 0 fully saturated rings. The van der Waals surface area contributed by atoms with Gasteiger partial charge in [-0.1, -0.05) is 36.9 Å². The number of benzene rings is 1. The third-order valence-corrected chi connectivity index (χ3v) is 2.74. The fourth-order valence-electron chi connectivity index (χ4n) is 1.94. The first-order valence-corrected chi connectivity index (χ1v) is 4.75. The molecule has 0 spiro atoms. The highest BCUT2D eigenvalue weighted by Gasteiger charge is 2.14. The first-order chi connectivity index (χ1) is 6.33. The van der Waals surface area contributed by atoms with Gasteiger partial charge in [0.05, 0.1) is 0 Å². The Morgan fingerprint density at radius 2 is 2.00 bits per heavy atom. The predicted molar refractivity (Wildman–Crippen MR) is 57.6 cm³/mol. The van der Waals surface area contributed by atoms with E-state index in [1.165, 1.54) is 22.3 Å². The smallest absolute Gasteiger partial charge is 0.0155 e. The summed E-state index contributed by atoms with van der Waals surface area (Å²) in [5.74, 6) is 0.